The number of alkyl carbamates (subject to hydrolysis) is 1. The van der Waals surface area contributed by atoms with Crippen molar-refractivity contribution in [3.8, 4) is 11.1 Å². The van der Waals surface area contributed by atoms with E-state index in [1.54, 1.807) is 0 Å². The predicted molar refractivity (Wildman–Crippen MR) is 237 cm³/mol. The Bertz CT molecular complexity index is 2330. The molecule has 2 fully saturated rings. The number of benzene rings is 6. The standard InChI is InChI=1S/C34H31NO4.C19H21NO2/c36-31(37)34(21-19-33(20-22-34,24-11-3-1-4-12-24)25-13-5-2-6-14-25)35-32(38)39-23-30-28-17-9-7-15-26(28)27-16-8-10-18-29(27)30;20-19(17(21)22)13-11-18(12-14-19,15-7-3-1-4-8-15)16-9-5-2-6-10-16/h1-18,30H,19-23H2,(H,35,38)(H,36,37);1-10H,11-14,20H2,(H,21,22). The quantitative estimate of drug-likeness (QED) is 0.114. The molecule has 9 rings (SSSR count). The number of carbonyl (C=O) groups is 3. The minimum Gasteiger partial charge on any atom is -0.480 e. The normalized spacial score (nSPS) is 17.9. The van der Waals surface area contributed by atoms with E-state index in [1.807, 2.05) is 97.1 Å². The van der Waals surface area contributed by atoms with Crippen LogP contribution in [0.15, 0.2) is 170 Å². The maximum Gasteiger partial charge on any atom is 0.408 e. The van der Waals surface area contributed by atoms with Crippen LogP contribution in [0.5, 0.6) is 0 Å². The molecule has 5 N–H and O–H groups in total. The molecule has 0 saturated heterocycles. The molecule has 0 aromatic heterocycles. The van der Waals surface area contributed by atoms with Crippen molar-refractivity contribution in [3.63, 3.8) is 0 Å². The van der Waals surface area contributed by atoms with Crippen LogP contribution in [0, 0.1) is 0 Å². The third-order valence-corrected chi connectivity index (χ3v) is 13.8. The van der Waals surface area contributed by atoms with E-state index in [0.29, 0.717) is 38.5 Å². The molecule has 0 heterocycles. The molecule has 0 spiro atoms. The Hall–Kier alpha value is -6.51. The summed E-state index contributed by atoms with van der Waals surface area (Å²) in [5.74, 6) is -1.99. The Balaban J connectivity index is 0.000000198. The lowest BCUT2D eigenvalue weighted by atomic mass is 9.61. The molecule has 0 aliphatic heterocycles. The number of aliphatic carboxylic acids is 2. The summed E-state index contributed by atoms with van der Waals surface area (Å²) in [7, 11) is 0. The average molecular weight is 813 g/mol. The molecule has 6 aromatic rings. The minimum absolute atomic E-state index is 0.0842. The number of nitrogens with one attached hydrogen (secondary N) is 1. The molecule has 310 valence electrons. The van der Waals surface area contributed by atoms with Gasteiger partial charge in [0.15, 0.2) is 0 Å². The molecule has 0 bridgehead atoms. The Morgan fingerprint density at radius 3 is 1.20 bits per heavy atom. The highest BCUT2D eigenvalue weighted by Crippen LogP contribution is 2.49. The number of nitrogens with two attached hydrogens (primary N) is 1. The molecule has 8 heteroatoms. The van der Waals surface area contributed by atoms with Crippen LogP contribution >= 0.6 is 0 Å². The molecule has 61 heavy (non-hydrogen) atoms. The molecule has 0 unspecified atom stereocenters. The molecule has 3 aliphatic carbocycles. The van der Waals surface area contributed by atoms with Crippen molar-refractivity contribution in [2.45, 2.75) is 79.2 Å². The number of hydrogen-bond acceptors (Lipinski definition) is 5. The van der Waals surface area contributed by atoms with Crippen LogP contribution in [-0.2, 0) is 25.2 Å². The van der Waals surface area contributed by atoms with Crippen LogP contribution in [0.3, 0.4) is 0 Å². The summed E-state index contributed by atoms with van der Waals surface area (Å²) in [5.41, 5.74) is 12.5. The minimum atomic E-state index is -1.38. The van der Waals surface area contributed by atoms with Gasteiger partial charge in [0.1, 0.15) is 17.7 Å². The van der Waals surface area contributed by atoms with Gasteiger partial charge in [-0.1, -0.05) is 170 Å². The van der Waals surface area contributed by atoms with Crippen molar-refractivity contribution in [1.29, 1.82) is 0 Å². The van der Waals surface area contributed by atoms with Crippen molar-refractivity contribution in [1.82, 2.24) is 5.32 Å². The van der Waals surface area contributed by atoms with Crippen molar-refractivity contribution < 1.29 is 29.3 Å². The predicted octanol–water partition coefficient (Wildman–Crippen LogP) is 10.2. The van der Waals surface area contributed by atoms with Gasteiger partial charge in [-0.25, -0.2) is 9.59 Å². The largest absolute Gasteiger partial charge is 0.480 e. The van der Waals surface area contributed by atoms with E-state index in [1.165, 1.54) is 11.1 Å². The van der Waals surface area contributed by atoms with Crippen LogP contribution in [0.2, 0.25) is 0 Å². The van der Waals surface area contributed by atoms with Gasteiger partial charge in [0.05, 0.1) is 0 Å². The van der Waals surface area contributed by atoms with E-state index in [2.05, 4.69) is 78.1 Å². The molecule has 8 nitrogen and oxygen atoms in total. The van der Waals surface area contributed by atoms with E-state index in [-0.39, 0.29) is 23.4 Å². The summed E-state index contributed by atoms with van der Waals surface area (Å²) in [6.45, 7) is 0.146. The van der Waals surface area contributed by atoms with Crippen molar-refractivity contribution in [2.75, 3.05) is 6.61 Å². The van der Waals surface area contributed by atoms with Crippen LogP contribution in [-0.4, -0.2) is 45.9 Å². The number of ether oxygens (including phenoxy) is 1. The topological polar surface area (TPSA) is 139 Å². The third kappa shape index (κ3) is 7.96. The van der Waals surface area contributed by atoms with Gasteiger partial charge < -0.3 is 26.0 Å². The smallest absolute Gasteiger partial charge is 0.408 e. The van der Waals surface area contributed by atoms with Gasteiger partial charge in [-0.3, -0.25) is 4.79 Å². The number of carboxylic acids is 2. The first kappa shape index (κ1) is 41.2. The van der Waals surface area contributed by atoms with Gasteiger partial charge in [0.25, 0.3) is 0 Å². The van der Waals surface area contributed by atoms with Crippen LogP contribution in [0.4, 0.5) is 4.79 Å². The summed E-state index contributed by atoms with van der Waals surface area (Å²) in [4.78, 5) is 37.2. The molecule has 0 atom stereocenters. The fraction of sp³-hybridized carbons (Fsp3) is 0.264. The maximum absolute atomic E-state index is 13.1. The summed E-state index contributed by atoms with van der Waals surface area (Å²) in [6.07, 6.45) is 3.60. The van der Waals surface area contributed by atoms with Crippen molar-refractivity contribution in [3.05, 3.63) is 203 Å². The lowest BCUT2D eigenvalue weighted by Gasteiger charge is -2.45. The number of carbonyl (C=O) groups excluding carboxylic acids is 1. The first-order chi connectivity index (χ1) is 29.6. The molecule has 1 amide bonds. The zero-order chi connectivity index (χ0) is 42.5. The van der Waals surface area contributed by atoms with E-state index >= 15 is 0 Å². The highest BCUT2D eigenvalue weighted by Gasteiger charge is 2.50. The van der Waals surface area contributed by atoms with Crippen LogP contribution in [0.25, 0.3) is 11.1 Å². The van der Waals surface area contributed by atoms with E-state index in [9.17, 15) is 24.6 Å². The van der Waals surface area contributed by atoms with Crippen molar-refractivity contribution >= 4 is 18.0 Å². The lowest BCUT2D eigenvalue weighted by molar-refractivity contribution is -0.147. The Morgan fingerprint density at radius 1 is 0.492 bits per heavy atom. The van der Waals surface area contributed by atoms with Gasteiger partial charge in [0.2, 0.25) is 0 Å². The van der Waals surface area contributed by atoms with Gasteiger partial charge in [0, 0.05) is 16.7 Å². The van der Waals surface area contributed by atoms with E-state index < -0.39 is 29.1 Å². The zero-order valence-electron chi connectivity index (χ0n) is 34.2. The fourth-order valence-corrected chi connectivity index (χ4v) is 10.2. The summed E-state index contributed by atoms with van der Waals surface area (Å²) >= 11 is 0. The van der Waals surface area contributed by atoms with Gasteiger partial charge in [-0.05, 0) is 95.9 Å². The van der Waals surface area contributed by atoms with Crippen LogP contribution in [0.1, 0.15) is 90.7 Å². The second-order valence-electron chi connectivity index (χ2n) is 16.9. The number of carboxylic acid groups (broad SMARTS) is 2. The number of rotatable bonds is 9. The van der Waals surface area contributed by atoms with Crippen molar-refractivity contribution in [2.24, 2.45) is 5.73 Å². The second-order valence-corrected chi connectivity index (χ2v) is 16.9. The first-order valence-corrected chi connectivity index (χ1v) is 21.2. The highest BCUT2D eigenvalue weighted by molar-refractivity contribution is 5.85. The molecule has 2 saturated carbocycles. The molecular formula is C53H52N2O6. The number of hydrogen-bond donors (Lipinski definition) is 4. The fourth-order valence-electron chi connectivity index (χ4n) is 10.2. The molecule has 0 radical (unpaired) electrons. The van der Waals surface area contributed by atoms with Gasteiger partial charge in [-0.15, -0.1) is 0 Å². The van der Waals surface area contributed by atoms with E-state index in [0.717, 1.165) is 46.2 Å². The summed E-state index contributed by atoms with van der Waals surface area (Å²) < 4.78 is 5.73. The lowest BCUT2D eigenvalue weighted by Crippen LogP contribution is -2.58. The highest BCUT2D eigenvalue weighted by atomic mass is 16.5. The first-order valence-electron chi connectivity index (χ1n) is 21.2. The SMILES string of the molecule is NC1(C(=O)O)CCC(c2ccccc2)(c2ccccc2)CC1.O=C(NC1(C(=O)O)CCC(c2ccccc2)(c2ccccc2)CC1)OCC1c2ccccc2-c2ccccc21. The molecule has 6 aromatic carbocycles. The molecular weight excluding hydrogens is 761 g/mol. The van der Waals surface area contributed by atoms with E-state index in [4.69, 9.17) is 10.5 Å². The van der Waals surface area contributed by atoms with Gasteiger partial charge in [-0.2, -0.15) is 0 Å². The Kier molecular flexibility index (Phi) is 11.6. The summed E-state index contributed by atoms with van der Waals surface area (Å²) in [5, 5.41) is 22.5. The Morgan fingerprint density at radius 2 is 0.836 bits per heavy atom. The number of fused-ring (bicyclic) bond motifs is 3. The monoisotopic (exact) mass is 812 g/mol. The Labute approximate surface area is 357 Å². The summed E-state index contributed by atoms with van der Waals surface area (Å²) in [6, 6.07) is 57.5. The average Bonchev–Trinajstić information content (AvgIpc) is 3.63. The zero-order valence-corrected chi connectivity index (χ0v) is 34.2. The second kappa shape index (κ2) is 17.2. The number of amides is 1. The van der Waals surface area contributed by atoms with Crippen LogP contribution < -0.4 is 11.1 Å². The third-order valence-electron chi connectivity index (χ3n) is 13.8. The van der Waals surface area contributed by atoms with Gasteiger partial charge >= 0.3 is 18.0 Å². The maximum atomic E-state index is 13.1. The molecule has 3 aliphatic rings.